The maximum Gasteiger partial charge on any atom is 4.00 e. The van der Waals surface area contributed by atoms with Crippen LogP contribution in [0, 0.1) is 0 Å². The van der Waals surface area contributed by atoms with Crippen LogP contribution in [0.5, 0.6) is 0 Å². The largest absolute Gasteiger partial charge is 4.00 e. The van der Waals surface area contributed by atoms with Crippen molar-refractivity contribution in [2.75, 3.05) is 0 Å². The smallest absolute Gasteiger partial charge is 1.00 e. The van der Waals surface area contributed by atoms with E-state index in [1.54, 1.807) is 0 Å². The van der Waals surface area contributed by atoms with Crippen molar-refractivity contribution in [3.8, 4) is 0 Å². The van der Waals surface area contributed by atoms with E-state index in [0.717, 1.165) is 6.42 Å². The second-order valence-electron chi connectivity index (χ2n) is 7.06. The fourth-order valence-corrected chi connectivity index (χ4v) is 9.39. The maximum absolute atomic E-state index is 2.38. The molecule has 0 saturated carbocycles. The molecule has 0 heterocycles. The van der Waals surface area contributed by atoms with E-state index in [4.69, 9.17) is 0 Å². The Morgan fingerprint density at radius 3 is 1.32 bits per heavy atom. The summed E-state index contributed by atoms with van der Waals surface area (Å²) >= 11 is 0. The van der Waals surface area contributed by atoms with Gasteiger partial charge < -0.3 is 37.2 Å². The third-order valence-corrected chi connectivity index (χ3v) is 10.3. The summed E-state index contributed by atoms with van der Waals surface area (Å²) in [5, 5.41) is 5.89. The molecule has 0 aliphatic carbocycles. The van der Waals surface area contributed by atoms with Crippen LogP contribution in [0.15, 0.2) is 109 Å². The maximum atomic E-state index is 2.38. The molecule has 4 rings (SSSR count). The molecule has 0 aromatic heterocycles. The minimum absolute atomic E-state index is 0. The van der Waals surface area contributed by atoms with Gasteiger partial charge in [0.2, 0.25) is 0 Å². The van der Waals surface area contributed by atoms with Crippen LogP contribution < -0.4 is 58.0 Å². The molecule has 158 valence electrons. The van der Waals surface area contributed by atoms with Gasteiger partial charge in [0.05, 0.1) is 0 Å². The number of hydrogen-bond donors (Lipinski definition) is 0. The standard InChI is InChI=1S/C26H25Si.3ClH.Ti/c1-2-13-22-14-12-21-26(22)27(23-15-6-3-7-16-23,24-17-8-4-9-18-24)25-19-10-5-11-20-25;;;;/h3-12,14-21H,2,13H2,1H3;3*1H;/q-1;;;;+4/p-3. The number of aryl methyl sites for hydroxylation is 1. The molecule has 0 unspecified atom stereocenters. The van der Waals surface area contributed by atoms with Gasteiger partial charge in [-0.1, -0.05) is 126 Å². The van der Waals surface area contributed by atoms with Gasteiger partial charge in [-0.2, -0.15) is 11.6 Å². The van der Waals surface area contributed by atoms with E-state index >= 15 is 0 Å². The van der Waals surface area contributed by atoms with Crippen LogP contribution in [0.1, 0.15) is 18.9 Å². The Morgan fingerprint density at radius 2 is 0.968 bits per heavy atom. The van der Waals surface area contributed by atoms with Crippen LogP contribution in [0.2, 0.25) is 0 Å². The Morgan fingerprint density at radius 1 is 0.581 bits per heavy atom. The fraction of sp³-hybridized carbons (Fsp3) is 0.115. The predicted octanol–water partition coefficient (Wildman–Crippen LogP) is -5.26. The van der Waals surface area contributed by atoms with Gasteiger partial charge in [0.25, 0.3) is 0 Å². The normalized spacial score (nSPS) is 9.97. The minimum atomic E-state index is -2.33. The summed E-state index contributed by atoms with van der Waals surface area (Å²) in [6, 6.07) is 40.4. The first-order valence-electron chi connectivity index (χ1n) is 9.79. The van der Waals surface area contributed by atoms with Gasteiger partial charge in [-0.25, -0.2) is 12.1 Å². The summed E-state index contributed by atoms with van der Waals surface area (Å²) in [6.45, 7) is 2.27. The minimum Gasteiger partial charge on any atom is -1.00 e. The van der Waals surface area contributed by atoms with Crippen LogP contribution in [0.25, 0.3) is 0 Å². The summed E-state index contributed by atoms with van der Waals surface area (Å²) in [4.78, 5) is 0. The molecule has 4 aromatic rings. The molecule has 0 atom stereocenters. The number of halogens is 3. The van der Waals surface area contributed by atoms with E-state index in [9.17, 15) is 0 Å². The van der Waals surface area contributed by atoms with Crippen molar-refractivity contribution in [1.29, 1.82) is 0 Å². The van der Waals surface area contributed by atoms with E-state index in [2.05, 4.69) is 116 Å². The van der Waals surface area contributed by atoms with Crippen LogP contribution >= 0.6 is 0 Å². The Labute approximate surface area is 221 Å². The SMILES string of the molecule is CCCc1ccc[c-]1[Si](c1ccccc1)(c1ccccc1)c1ccccc1.[Cl-].[Cl-].[Cl-].[Ti+4]. The van der Waals surface area contributed by atoms with Crippen LogP contribution in [0.3, 0.4) is 0 Å². The molecule has 0 amide bonds. The van der Waals surface area contributed by atoms with Crippen molar-refractivity contribution >= 4 is 28.8 Å². The van der Waals surface area contributed by atoms with Crippen molar-refractivity contribution in [2.45, 2.75) is 19.8 Å². The zero-order chi connectivity index (χ0) is 18.5. The topological polar surface area (TPSA) is 0 Å². The fourth-order valence-electron chi connectivity index (χ4n) is 4.34. The molecule has 5 heteroatoms. The molecular weight excluding hydrogens is 495 g/mol. The first kappa shape index (κ1) is 29.8. The summed E-state index contributed by atoms with van der Waals surface area (Å²) < 4.78 is 0. The summed E-state index contributed by atoms with van der Waals surface area (Å²) in [5.41, 5.74) is 1.50. The number of hydrogen-bond acceptors (Lipinski definition) is 0. The van der Waals surface area contributed by atoms with E-state index in [0.29, 0.717) is 0 Å². The molecule has 0 spiro atoms. The van der Waals surface area contributed by atoms with Gasteiger partial charge in [-0.15, -0.1) is 5.19 Å². The van der Waals surface area contributed by atoms with Crippen molar-refractivity contribution in [3.63, 3.8) is 0 Å². The second-order valence-corrected chi connectivity index (χ2v) is 10.8. The van der Waals surface area contributed by atoms with E-state index in [1.165, 1.54) is 32.7 Å². The van der Waals surface area contributed by atoms with E-state index < -0.39 is 8.07 Å². The molecule has 31 heavy (non-hydrogen) atoms. The summed E-state index contributed by atoms with van der Waals surface area (Å²) in [5.74, 6) is 0. The molecular formula is C26H25Cl3SiTi. The van der Waals surface area contributed by atoms with Crippen LogP contribution in [0.4, 0.5) is 0 Å². The molecule has 0 radical (unpaired) electrons. The molecule has 0 aliphatic rings. The molecule has 0 N–H and O–H groups in total. The van der Waals surface area contributed by atoms with Crippen molar-refractivity contribution in [2.24, 2.45) is 0 Å². The number of rotatable bonds is 6. The zero-order valence-corrected chi connectivity index (χ0v) is 22.3. The Kier molecular flexibility index (Phi) is 13.5. The molecule has 0 aliphatic heterocycles. The van der Waals surface area contributed by atoms with Gasteiger partial charge in [0, 0.05) is 0 Å². The average molecular weight is 520 g/mol. The quantitative estimate of drug-likeness (QED) is 0.136. The predicted molar refractivity (Wildman–Crippen MR) is 120 cm³/mol. The molecule has 0 nitrogen and oxygen atoms in total. The molecule has 0 fully saturated rings. The van der Waals surface area contributed by atoms with Crippen molar-refractivity contribution in [3.05, 3.63) is 115 Å². The first-order valence-corrected chi connectivity index (χ1v) is 11.8. The first-order chi connectivity index (χ1) is 13.4. The molecule has 0 bridgehead atoms. The van der Waals surface area contributed by atoms with Gasteiger partial charge >= 0.3 is 21.7 Å². The van der Waals surface area contributed by atoms with Gasteiger partial charge in [0.15, 0.2) is 0 Å². The van der Waals surface area contributed by atoms with E-state index in [1.807, 2.05) is 0 Å². The summed E-state index contributed by atoms with van der Waals surface area (Å²) in [6.07, 6.45) is 2.30. The Balaban J connectivity index is 0.00000225. The molecule has 0 saturated heterocycles. The van der Waals surface area contributed by atoms with E-state index in [-0.39, 0.29) is 58.9 Å². The Hall–Kier alpha value is -1.19. The van der Waals surface area contributed by atoms with Crippen molar-refractivity contribution in [1.82, 2.24) is 0 Å². The van der Waals surface area contributed by atoms with Gasteiger partial charge in [0.1, 0.15) is 8.07 Å². The van der Waals surface area contributed by atoms with Crippen molar-refractivity contribution < 1.29 is 58.9 Å². The third-order valence-electron chi connectivity index (χ3n) is 5.45. The van der Waals surface area contributed by atoms with Gasteiger partial charge in [-0.05, 0) is 0 Å². The van der Waals surface area contributed by atoms with Gasteiger partial charge in [-0.3, -0.25) is 0 Å². The zero-order valence-electron chi connectivity index (χ0n) is 17.4. The summed E-state index contributed by atoms with van der Waals surface area (Å²) in [7, 11) is -2.33. The second kappa shape index (κ2) is 14.1. The Bertz CT molecular complexity index is 892. The molecule has 4 aromatic carbocycles. The number of benzene rings is 3. The van der Waals surface area contributed by atoms with Crippen LogP contribution in [-0.4, -0.2) is 8.07 Å². The third kappa shape index (κ3) is 5.79. The average Bonchev–Trinajstić information content (AvgIpc) is 3.20. The van der Waals surface area contributed by atoms with Crippen LogP contribution in [-0.2, 0) is 28.1 Å². The monoisotopic (exact) mass is 518 g/mol.